The highest BCUT2D eigenvalue weighted by Gasteiger charge is 2.27. The van der Waals surface area contributed by atoms with Crippen LogP contribution in [0.1, 0.15) is 35.8 Å². The summed E-state index contributed by atoms with van der Waals surface area (Å²) in [6.45, 7) is 5.39. The van der Waals surface area contributed by atoms with Gasteiger partial charge in [-0.1, -0.05) is 13.8 Å². The molecule has 0 saturated carbocycles. The summed E-state index contributed by atoms with van der Waals surface area (Å²) in [4.78, 5) is 19.2. The highest BCUT2D eigenvalue weighted by Crippen LogP contribution is 2.37. The molecule has 1 amide bonds. The number of ether oxygens (including phenoxy) is 1. The number of fused-ring (bicyclic) bond motifs is 1. The van der Waals surface area contributed by atoms with Gasteiger partial charge in [0, 0.05) is 23.3 Å². The second kappa shape index (κ2) is 7.04. The lowest BCUT2D eigenvalue weighted by Crippen LogP contribution is -2.25. The van der Waals surface area contributed by atoms with Crippen molar-refractivity contribution in [2.24, 2.45) is 5.41 Å². The maximum Gasteiger partial charge on any atom is 0.413 e. The Morgan fingerprint density at radius 3 is 2.76 bits per heavy atom. The topological polar surface area (TPSA) is 54.5 Å². The molecule has 25 heavy (non-hydrogen) atoms. The van der Waals surface area contributed by atoms with Crippen LogP contribution in [0.2, 0.25) is 0 Å². The molecule has 1 heterocycles. The molecule has 2 aromatic rings. The number of nitrogens with one attached hydrogen (secondary N) is 1. The second-order valence-corrected chi connectivity index (χ2v) is 8.42. The lowest BCUT2D eigenvalue weighted by atomic mass is 9.79. The number of thiazole rings is 1. The van der Waals surface area contributed by atoms with Gasteiger partial charge in [0.2, 0.25) is 0 Å². The quantitative estimate of drug-likeness (QED) is 0.875. The minimum absolute atomic E-state index is 0.378. The molecule has 5 nitrogen and oxygen atoms in total. The van der Waals surface area contributed by atoms with Gasteiger partial charge in [-0.15, -0.1) is 11.3 Å². The number of benzene rings is 1. The van der Waals surface area contributed by atoms with E-state index in [0.29, 0.717) is 5.41 Å². The van der Waals surface area contributed by atoms with Crippen molar-refractivity contribution in [3.05, 3.63) is 39.8 Å². The molecular weight excluding hydrogens is 334 g/mol. The summed E-state index contributed by atoms with van der Waals surface area (Å²) in [5.74, 6) is 0. The number of hydrogen-bond acceptors (Lipinski definition) is 5. The molecule has 0 unspecified atom stereocenters. The number of carbonyl (C=O) groups is 1. The molecule has 1 aromatic carbocycles. The standard InChI is InChI=1S/C19H25N3O2S/c1-19(2)10-9-15-16(11-19)25-17(21-15)12-20-13-5-7-14(8-6-13)22(3)18(23)24-4/h5-8,20H,9-12H2,1-4H3. The van der Waals surface area contributed by atoms with E-state index in [1.54, 1.807) is 7.05 Å². The van der Waals surface area contributed by atoms with Crippen LogP contribution in [0.25, 0.3) is 0 Å². The van der Waals surface area contributed by atoms with Crippen molar-refractivity contribution in [3.8, 4) is 0 Å². The van der Waals surface area contributed by atoms with Gasteiger partial charge in [0.15, 0.2) is 0 Å². The van der Waals surface area contributed by atoms with Crippen LogP contribution in [0.4, 0.5) is 16.2 Å². The van der Waals surface area contributed by atoms with Crippen LogP contribution < -0.4 is 10.2 Å². The van der Waals surface area contributed by atoms with Gasteiger partial charge in [0.1, 0.15) is 5.01 Å². The van der Waals surface area contributed by atoms with Crippen LogP contribution in [0, 0.1) is 5.41 Å². The Kier molecular flexibility index (Phi) is 4.99. The highest BCUT2D eigenvalue weighted by molar-refractivity contribution is 7.11. The van der Waals surface area contributed by atoms with Crippen molar-refractivity contribution < 1.29 is 9.53 Å². The van der Waals surface area contributed by atoms with Gasteiger partial charge in [-0.2, -0.15) is 0 Å². The van der Waals surface area contributed by atoms with E-state index in [1.807, 2.05) is 35.6 Å². The Hall–Kier alpha value is -2.08. The summed E-state index contributed by atoms with van der Waals surface area (Å²) in [6, 6.07) is 7.72. The molecule has 0 atom stereocenters. The lowest BCUT2D eigenvalue weighted by Gasteiger charge is -2.28. The molecule has 1 N–H and O–H groups in total. The molecule has 6 heteroatoms. The monoisotopic (exact) mass is 359 g/mol. The number of hydrogen-bond donors (Lipinski definition) is 1. The molecule has 0 fully saturated rings. The highest BCUT2D eigenvalue weighted by atomic mass is 32.1. The van der Waals surface area contributed by atoms with Gasteiger partial charge in [-0.3, -0.25) is 4.90 Å². The normalized spacial score (nSPS) is 15.4. The van der Waals surface area contributed by atoms with Crippen molar-refractivity contribution in [1.29, 1.82) is 0 Å². The molecule has 0 radical (unpaired) electrons. The maximum absolute atomic E-state index is 11.5. The largest absolute Gasteiger partial charge is 0.452 e. The van der Waals surface area contributed by atoms with Crippen molar-refractivity contribution in [3.63, 3.8) is 0 Å². The average Bonchev–Trinajstić information content (AvgIpc) is 2.99. The summed E-state index contributed by atoms with van der Waals surface area (Å²) in [5, 5.41) is 4.55. The zero-order valence-corrected chi connectivity index (χ0v) is 16.1. The van der Waals surface area contributed by atoms with Crippen molar-refractivity contribution in [2.75, 3.05) is 24.4 Å². The van der Waals surface area contributed by atoms with Gasteiger partial charge >= 0.3 is 6.09 Å². The van der Waals surface area contributed by atoms with E-state index in [-0.39, 0.29) is 6.09 Å². The maximum atomic E-state index is 11.5. The van der Waals surface area contributed by atoms with Gasteiger partial charge in [-0.25, -0.2) is 9.78 Å². The number of methoxy groups -OCH3 is 1. The first kappa shape index (κ1) is 17.7. The first-order chi connectivity index (χ1) is 11.9. The third-order valence-electron chi connectivity index (χ3n) is 4.65. The minimum Gasteiger partial charge on any atom is -0.452 e. The van der Waals surface area contributed by atoms with Crippen molar-refractivity contribution in [2.45, 2.75) is 39.7 Å². The zero-order valence-electron chi connectivity index (χ0n) is 15.3. The predicted octanol–water partition coefficient (Wildman–Crippen LogP) is 4.47. The van der Waals surface area contributed by atoms with E-state index in [2.05, 4.69) is 19.2 Å². The molecule has 0 bridgehead atoms. The van der Waals surface area contributed by atoms with E-state index >= 15 is 0 Å². The fraction of sp³-hybridized carbons (Fsp3) is 0.474. The van der Waals surface area contributed by atoms with Gasteiger partial charge in [-0.05, 0) is 48.9 Å². The fourth-order valence-corrected chi connectivity index (χ4v) is 4.36. The zero-order chi connectivity index (χ0) is 18.0. The first-order valence-electron chi connectivity index (χ1n) is 8.51. The van der Waals surface area contributed by atoms with E-state index in [1.165, 1.54) is 29.0 Å². The summed E-state index contributed by atoms with van der Waals surface area (Å²) < 4.78 is 4.72. The van der Waals surface area contributed by atoms with Gasteiger partial charge in [0.25, 0.3) is 0 Å². The smallest absolute Gasteiger partial charge is 0.413 e. The Bertz CT molecular complexity index is 753. The molecular formula is C19H25N3O2S. The molecule has 1 aliphatic rings. The molecule has 0 aliphatic heterocycles. The Balaban J connectivity index is 1.61. The van der Waals surface area contributed by atoms with Gasteiger partial charge < -0.3 is 10.1 Å². The van der Waals surface area contributed by atoms with E-state index in [0.717, 1.165) is 35.8 Å². The number of aromatic nitrogens is 1. The number of rotatable bonds is 4. The van der Waals surface area contributed by atoms with Crippen LogP contribution in [0.3, 0.4) is 0 Å². The molecule has 1 aromatic heterocycles. The van der Waals surface area contributed by atoms with E-state index in [4.69, 9.17) is 9.72 Å². The van der Waals surface area contributed by atoms with Crippen LogP contribution in [0.5, 0.6) is 0 Å². The fourth-order valence-electron chi connectivity index (χ4n) is 3.05. The molecule has 134 valence electrons. The molecule has 3 rings (SSSR count). The molecule has 0 spiro atoms. The first-order valence-corrected chi connectivity index (χ1v) is 9.33. The number of amides is 1. The Morgan fingerprint density at radius 2 is 2.08 bits per heavy atom. The number of anilines is 2. The van der Waals surface area contributed by atoms with E-state index < -0.39 is 0 Å². The van der Waals surface area contributed by atoms with Crippen LogP contribution in [-0.2, 0) is 24.1 Å². The summed E-state index contributed by atoms with van der Waals surface area (Å²) in [5.41, 5.74) is 3.49. The summed E-state index contributed by atoms with van der Waals surface area (Å²) in [6.07, 6.45) is 3.06. The summed E-state index contributed by atoms with van der Waals surface area (Å²) >= 11 is 1.83. The predicted molar refractivity (Wildman–Crippen MR) is 102 cm³/mol. The summed E-state index contributed by atoms with van der Waals surface area (Å²) in [7, 11) is 3.07. The Labute approximate surface area is 153 Å². The minimum atomic E-state index is -0.378. The van der Waals surface area contributed by atoms with Crippen LogP contribution in [0.15, 0.2) is 24.3 Å². The van der Waals surface area contributed by atoms with Crippen molar-refractivity contribution in [1.82, 2.24) is 4.98 Å². The van der Waals surface area contributed by atoms with Gasteiger partial charge in [0.05, 0.1) is 19.3 Å². The lowest BCUT2D eigenvalue weighted by molar-refractivity contribution is 0.180. The Morgan fingerprint density at radius 1 is 1.36 bits per heavy atom. The number of aryl methyl sites for hydroxylation is 1. The third kappa shape index (κ3) is 4.12. The SMILES string of the molecule is COC(=O)N(C)c1ccc(NCc2nc3c(s2)CC(C)(C)CC3)cc1. The molecule has 1 aliphatic carbocycles. The van der Waals surface area contributed by atoms with Crippen molar-refractivity contribution >= 4 is 28.8 Å². The molecule has 0 saturated heterocycles. The van der Waals surface area contributed by atoms with Crippen LogP contribution in [-0.4, -0.2) is 25.2 Å². The second-order valence-electron chi connectivity index (χ2n) is 7.25. The average molecular weight is 359 g/mol. The third-order valence-corrected chi connectivity index (χ3v) is 5.74. The number of nitrogens with zero attached hydrogens (tertiary/aromatic N) is 2. The van der Waals surface area contributed by atoms with E-state index in [9.17, 15) is 4.79 Å². The van der Waals surface area contributed by atoms with Crippen LogP contribution >= 0.6 is 11.3 Å². The number of carbonyl (C=O) groups excluding carboxylic acids is 1.